The molecule has 1 N–H and O–H groups in total. The summed E-state index contributed by atoms with van der Waals surface area (Å²) in [5, 5.41) is 8.33. The summed E-state index contributed by atoms with van der Waals surface area (Å²) in [6.07, 6.45) is 0. The highest BCUT2D eigenvalue weighted by Gasteiger charge is 2.10. The van der Waals surface area contributed by atoms with E-state index in [4.69, 9.17) is 5.11 Å². The lowest BCUT2D eigenvalue weighted by Crippen LogP contribution is -2.13. The van der Waals surface area contributed by atoms with Gasteiger partial charge in [-0.25, -0.2) is 4.79 Å². The molecular formula is C8H14O3. The lowest BCUT2D eigenvalue weighted by Gasteiger charge is -2.07. The Balaban J connectivity index is 3.75. The zero-order valence-electron chi connectivity index (χ0n) is 6.96. The Morgan fingerprint density at radius 2 is 2.18 bits per heavy atom. The third-order valence-electron chi connectivity index (χ3n) is 1.28. The molecule has 0 unspecified atom stereocenters. The van der Waals surface area contributed by atoms with Crippen LogP contribution in [0.5, 0.6) is 0 Å². The molecule has 0 radical (unpaired) electrons. The number of ether oxygens (including phenoxy) is 1. The number of esters is 1. The van der Waals surface area contributed by atoms with Crippen LogP contribution in [0.4, 0.5) is 0 Å². The van der Waals surface area contributed by atoms with Crippen molar-refractivity contribution in [2.45, 2.75) is 13.8 Å². The second kappa shape index (κ2) is 4.91. The maximum atomic E-state index is 10.9. The minimum atomic E-state index is -0.422. The average Bonchev–Trinajstić information content (AvgIpc) is 1.98. The van der Waals surface area contributed by atoms with E-state index in [2.05, 4.69) is 11.3 Å². The van der Waals surface area contributed by atoms with Gasteiger partial charge in [-0.3, -0.25) is 0 Å². The number of rotatable bonds is 4. The lowest BCUT2D eigenvalue weighted by atomic mass is 10.1. The number of carbonyl (C=O) groups is 1. The summed E-state index contributed by atoms with van der Waals surface area (Å²) in [5.41, 5.74) is 0.443. The molecule has 0 aliphatic carbocycles. The van der Waals surface area contributed by atoms with Crippen LogP contribution in [0.15, 0.2) is 12.2 Å². The van der Waals surface area contributed by atoms with Gasteiger partial charge in [0.25, 0.3) is 0 Å². The predicted octanol–water partition coefficient (Wildman–Crippen LogP) is 0.734. The van der Waals surface area contributed by atoms with Crippen LogP contribution in [0.25, 0.3) is 0 Å². The van der Waals surface area contributed by atoms with Gasteiger partial charge in [0.1, 0.15) is 6.61 Å². The van der Waals surface area contributed by atoms with Gasteiger partial charge in [-0.1, -0.05) is 20.4 Å². The summed E-state index contributed by atoms with van der Waals surface area (Å²) >= 11 is 0. The molecule has 0 aromatic rings. The Kier molecular flexibility index (Phi) is 4.54. The molecule has 0 bridgehead atoms. The number of hydrogen-bond acceptors (Lipinski definition) is 3. The van der Waals surface area contributed by atoms with Crippen molar-refractivity contribution < 1.29 is 14.6 Å². The molecule has 0 heterocycles. The van der Waals surface area contributed by atoms with Crippen LogP contribution in [0.3, 0.4) is 0 Å². The maximum absolute atomic E-state index is 10.9. The molecule has 0 aromatic carbocycles. The van der Waals surface area contributed by atoms with E-state index in [1.807, 2.05) is 13.8 Å². The van der Waals surface area contributed by atoms with E-state index in [-0.39, 0.29) is 19.1 Å². The van der Waals surface area contributed by atoms with Crippen LogP contribution in [0, 0.1) is 5.92 Å². The minimum Gasteiger partial charge on any atom is -0.460 e. The Labute approximate surface area is 66.7 Å². The van der Waals surface area contributed by atoms with Gasteiger partial charge in [0.15, 0.2) is 0 Å². The fraction of sp³-hybridized carbons (Fsp3) is 0.625. The van der Waals surface area contributed by atoms with Crippen LogP contribution in [0.1, 0.15) is 13.8 Å². The van der Waals surface area contributed by atoms with Gasteiger partial charge >= 0.3 is 5.97 Å². The van der Waals surface area contributed by atoms with Crippen molar-refractivity contribution in [2.24, 2.45) is 5.92 Å². The third kappa shape index (κ3) is 3.78. The van der Waals surface area contributed by atoms with Crippen molar-refractivity contribution in [3.63, 3.8) is 0 Å². The molecular weight excluding hydrogens is 144 g/mol. The summed E-state index contributed by atoms with van der Waals surface area (Å²) in [4.78, 5) is 10.9. The molecule has 3 heteroatoms. The summed E-state index contributed by atoms with van der Waals surface area (Å²) in [5.74, 6) is -0.324. The first-order valence-electron chi connectivity index (χ1n) is 3.56. The first kappa shape index (κ1) is 10.2. The van der Waals surface area contributed by atoms with Crippen molar-refractivity contribution in [1.82, 2.24) is 0 Å². The number of aliphatic hydroxyl groups excluding tert-OH is 1. The molecule has 11 heavy (non-hydrogen) atoms. The van der Waals surface area contributed by atoms with Gasteiger partial charge < -0.3 is 9.84 Å². The zero-order chi connectivity index (χ0) is 8.85. The van der Waals surface area contributed by atoms with Crippen LogP contribution < -0.4 is 0 Å². The summed E-state index contributed by atoms with van der Waals surface area (Å²) in [6, 6.07) is 0. The summed E-state index contributed by atoms with van der Waals surface area (Å²) < 4.78 is 4.63. The van der Waals surface area contributed by atoms with Gasteiger partial charge in [0, 0.05) is 5.57 Å². The average molecular weight is 158 g/mol. The monoisotopic (exact) mass is 158 g/mol. The van der Waals surface area contributed by atoms with Crippen molar-refractivity contribution >= 4 is 5.97 Å². The summed E-state index contributed by atoms with van der Waals surface area (Å²) in [7, 11) is 0. The quantitative estimate of drug-likeness (QED) is 0.484. The van der Waals surface area contributed by atoms with Gasteiger partial charge in [-0.2, -0.15) is 0 Å². The van der Waals surface area contributed by atoms with Crippen LogP contribution >= 0.6 is 0 Å². The highest BCUT2D eigenvalue weighted by Crippen LogP contribution is 2.07. The molecule has 0 aromatic heterocycles. The van der Waals surface area contributed by atoms with E-state index >= 15 is 0 Å². The zero-order valence-corrected chi connectivity index (χ0v) is 6.96. The van der Waals surface area contributed by atoms with Gasteiger partial charge in [0.05, 0.1) is 6.61 Å². The number of carbonyl (C=O) groups excluding carboxylic acids is 1. The fourth-order valence-corrected chi connectivity index (χ4v) is 0.467. The normalized spacial score (nSPS) is 9.82. The van der Waals surface area contributed by atoms with Crippen molar-refractivity contribution in [2.75, 3.05) is 13.2 Å². The Bertz CT molecular complexity index is 149. The van der Waals surface area contributed by atoms with Gasteiger partial charge in [-0.15, -0.1) is 0 Å². The fourth-order valence-electron chi connectivity index (χ4n) is 0.467. The Morgan fingerprint density at radius 1 is 1.64 bits per heavy atom. The molecule has 0 amide bonds. The molecule has 0 spiro atoms. The second-order valence-electron chi connectivity index (χ2n) is 2.54. The molecule has 0 rings (SSSR count). The molecule has 0 fully saturated rings. The predicted molar refractivity (Wildman–Crippen MR) is 42.0 cm³/mol. The van der Waals surface area contributed by atoms with Crippen LogP contribution in [-0.2, 0) is 9.53 Å². The Morgan fingerprint density at radius 3 is 2.55 bits per heavy atom. The van der Waals surface area contributed by atoms with Crippen molar-refractivity contribution in [3.05, 3.63) is 12.2 Å². The highest BCUT2D eigenvalue weighted by atomic mass is 16.5. The van der Waals surface area contributed by atoms with Crippen molar-refractivity contribution in [1.29, 1.82) is 0 Å². The first-order valence-corrected chi connectivity index (χ1v) is 3.56. The van der Waals surface area contributed by atoms with E-state index in [1.165, 1.54) is 0 Å². The second-order valence-corrected chi connectivity index (χ2v) is 2.54. The smallest absolute Gasteiger partial charge is 0.333 e. The van der Waals surface area contributed by atoms with Crippen molar-refractivity contribution in [3.8, 4) is 0 Å². The molecule has 0 saturated carbocycles. The van der Waals surface area contributed by atoms with E-state index in [0.717, 1.165) is 0 Å². The minimum absolute atomic E-state index is 0.0462. The van der Waals surface area contributed by atoms with E-state index in [9.17, 15) is 4.79 Å². The third-order valence-corrected chi connectivity index (χ3v) is 1.28. The molecule has 64 valence electrons. The van der Waals surface area contributed by atoms with Crippen LogP contribution in [0.2, 0.25) is 0 Å². The molecule has 3 nitrogen and oxygen atoms in total. The first-order chi connectivity index (χ1) is 5.09. The van der Waals surface area contributed by atoms with Gasteiger partial charge in [0.2, 0.25) is 0 Å². The highest BCUT2D eigenvalue weighted by molar-refractivity contribution is 5.88. The van der Waals surface area contributed by atoms with E-state index < -0.39 is 5.97 Å². The number of hydrogen-bond donors (Lipinski definition) is 1. The lowest BCUT2D eigenvalue weighted by molar-refractivity contribution is -0.140. The Hall–Kier alpha value is -0.830. The molecule has 0 atom stereocenters. The SMILES string of the molecule is C=C(C(=O)OCCO)C(C)C. The molecule has 0 saturated heterocycles. The maximum Gasteiger partial charge on any atom is 0.333 e. The molecule has 0 aliphatic heterocycles. The van der Waals surface area contributed by atoms with E-state index in [0.29, 0.717) is 5.57 Å². The summed E-state index contributed by atoms with van der Waals surface area (Å²) in [6.45, 7) is 7.18. The topological polar surface area (TPSA) is 46.5 Å². The number of aliphatic hydroxyl groups is 1. The molecule has 0 aliphatic rings. The van der Waals surface area contributed by atoms with Gasteiger partial charge in [-0.05, 0) is 5.92 Å². The largest absolute Gasteiger partial charge is 0.460 e. The van der Waals surface area contributed by atoms with E-state index in [1.54, 1.807) is 0 Å². The van der Waals surface area contributed by atoms with Crippen LogP contribution in [-0.4, -0.2) is 24.3 Å². The standard InChI is InChI=1S/C8H14O3/c1-6(2)7(3)8(10)11-5-4-9/h6,9H,3-5H2,1-2H3.